The second kappa shape index (κ2) is 4.28. The van der Waals surface area contributed by atoms with Gasteiger partial charge < -0.3 is 5.11 Å². The van der Waals surface area contributed by atoms with Crippen LogP contribution in [0.3, 0.4) is 0 Å². The quantitative estimate of drug-likeness (QED) is 0.851. The Balaban J connectivity index is 1.96. The van der Waals surface area contributed by atoms with Crippen molar-refractivity contribution in [3.05, 3.63) is 43.5 Å². The molecule has 0 fully saturated rings. The highest BCUT2D eigenvalue weighted by Gasteiger charge is 2.23. The molecule has 1 N–H and O–H groups in total. The van der Waals surface area contributed by atoms with E-state index in [9.17, 15) is 14.7 Å². The van der Waals surface area contributed by atoms with Gasteiger partial charge >= 0.3 is 0 Å². The Morgan fingerprint density at radius 2 is 2.00 bits per heavy atom. The SMILES string of the molecule is CC1CC=C(c2ccc(-c3c(O)c(=O)c3=O)s2)C=N1. The molecule has 0 spiro atoms. The Labute approximate surface area is 113 Å². The van der Waals surface area contributed by atoms with E-state index in [4.69, 9.17) is 0 Å². The molecule has 0 saturated heterocycles. The lowest BCUT2D eigenvalue weighted by molar-refractivity contribution is 0.466. The van der Waals surface area contributed by atoms with Gasteiger partial charge in [-0.05, 0) is 25.5 Å². The molecule has 0 amide bonds. The highest BCUT2D eigenvalue weighted by molar-refractivity contribution is 7.16. The summed E-state index contributed by atoms with van der Waals surface area (Å²) in [6, 6.07) is 3.94. The lowest BCUT2D eigenvalue weighted by Gasteiger charge is -2.09. The second-order valence-corrected chi connectivity index (χ2v) is 5.65. The molecule has 0 saturated carbocycles. The molecule has 19 heavy (non-hydrogen) atoms. The van der Waals surface area contributed by atoms with Crippen molar-refractivity contribution >= 4 is 23.1 Å². The molecule has 1 unspecified atom stereocenters. The van der Waals surface area contributed by atoms with Crippen molar-refractivity contribution in [3.63, 3.8) is 0 Å². The molecule has 0 bridgehead atoms. The average Bonchev–Trinajstić information content (AvgIpc) is 2.88. The van der Waals surface area contributed by atoms with Gasteiger partial charge in [0.25, 0.3) is 5.43 Å². The monoisotopic (exact) mass is 273 g/mol. The molecule has 0 aliphatic carbocycles. The van der Waals surface area contributed by atoms with E-state index in [1.54, 1.807) is 6.07 Å². The van der Waals surface area contributed by atoms with Crippen molar-refractivity contribution in [3.8, 4) is 16.2 Å². The predicted octanol–water partition coefficient (Wildman–Crippen LogP) is 1.96. The van der Waals surface area contributed by atoms with Gasteiger partial charge in [-0.2, -0.15) is 0 Å². The van der Waals surface area contributed by atoms with Crippen molar-refractivity contribution in [2.75, 3.05) is 0 Å². The normalized spacial score (nSPS) is 18.8. The van der Waals surface area contributed by atoms with Crippen LogP contribution in [0.15, 0.2) is 32.8 Å². The molecule has 3 rings (SSSR count). The summed E-state index contributed by atoms with van der Waals surface area (Å²) in [5, 5.41) is 9.43. The van der Waals surface area contributed by atoms with Crippen LogP contribution in [0.4, 0.5) is 0 Å². The Kier molecular flexibility index (Phi) is 2.71. The number of aromatic hydroxyl groups is 1. The number of allylic oxidation sites excluding steroid dienone is 1. The molecule has 2 heterocycles. The third-order valence-electron chi connectivity index (χ3n) is 3.17. The van der Waals surface area contributed by atoms with Gasteiger partial charge in [0.15, 0.2) is 5.75 Å². The van der Waals surface area contributed by atoms with Crippen LogP contribution in [-0.2, 0) is 0 Å². The molecule has 4 nitrogen and oxygen atoms in total. The number of rotatable bonds is 2. The first-order valence-electron chi connectivity index (χ1n) is 5.94. The van der Waals surface area contributed by atoms with Crippen LogP contribution in [0.1, 0.15) is 18.2 Å². The summed E-state index contributed by atoms with van der Waals surface area (Å²) in [5.41, 5.74) is -0.237. The number of hydrogen-bond acceptors (Lipinski definition) is 5. The summed E-state index contributed by atoms with van der Waals surface area (Å²) < 4.78 is 0. The van der Waals surface area contributed by atoms with Crippen molar-refractivity contribution in [1.29, 1.82) is 0 Å². The number of hydrogen-bond donors (Lipinski definition) is 1. The molecular weight excluding hydrogens is 262 g/mol. The van der Waals surface area contributed by atoms with Crippen LogP contribution in [-0.4, -0.2) is 17.4 Å². The smallest absolute Gasteiger partial charge is 0.268 e. The Morgan fingerprint density at radius 3 is 2.63 bits per heavy atom. The van der Waals surface area contributed by atoms with Gasteiger partial charge in [0.05, 0.1) is 11.6 Å². The Bertz CT molecular complexity index is 775. The zero-order valence-corrected chi connectivity index (χ0v) is 11.0. The van der Waals surface area contributed by atoms with Gasteiger partial charge in [-0.3, -0.25) is 14.6 Å². The minimum atomic E-state index is -0.794. The van der Waals surface area contributed by atoms with Crippen LogP contribution < -0.4 is 10.9 Å². The van der Waals surface area contributed by atoms with Crippen molar-refractivity contribution in [2.24, 2.45) is 4.99 Å². The summed E-state index contributed by atoms with van der Waals surface area (Å²) in [6.45, 7) is 2.05. The molecule has 1 aromatic carbocycles. The summed E-state index contributed by atoms with van der Waals surface area (Å²) in [5.74, 6) is -0.418. The van der Waals surface area contributed by atoms with Crippen molar-refractivity contribution < 1.29 is 5.11 Å². The highest BCUT2D eigenvalue weighted by atomic mass is 32.1. The molecule has 1 atom stereocenters. The number of thiophene rings is 1. The van der Waals surface area contributed by atoms with E-state index < -0.39 is 16.6 Å². The number of aliphatic imine (C=N–C) groups is 1. The first kappa shape index (κ1) is 12.0. The minimum Gasteiger partial charge on any atom is -0.503 e. The van der Waals surface area contributed by atoms with Crippen LogP contribution in [0.25, 0.3) is 16.0 Å². The molecule has 2 aromatic rings. The maximum atomic E-state index is 11.4. The molecule has 1 aromatic heterocycles. The largest absolute Gasteiger partial charge is 0.503 e. The fraction of sp³-hybridized carbons (Fsp3) is 0.214. The maximum Gasteiger partial charge on any atom is 0.268 e. The van der Waals surface area contributed by atoms with E-state index in [1.165, 1.54) is 11.3 Å². The number of nitrogens with zero attached hydrogens (tertiary/aromatic N) is 1. The van der Waals surface area contributed by atoms with Crippen LogP contribution in [0.2, 0.25) is 0 Å². The van der Waals surface area contributed by atoms with Gasteiger partial charge in [-0.15, -0.1) is 11.3 Å². The van der Waals surface area contributed by atoms with Gasteiger partial charge in [0.1, 0.15) is 0 Å². The van der Waals surface area contributed by atoms with E-state index in [0.29, 0.717) is 10.9 Å². The van der Waals surface area contributed by atoms with Gasteiger partial charge in [-0.25, -0.2) is 0 Å². The van der Waals surface area contributed by atoms with Gasteiger partial charge in [0, 0.05) is 21.5 Å². The first-order chi connectivity index (χ1) is 9.08. The average molecular weight is 273 g/mol. The second-order valence-electron chi connectivity index (χ2n) is 4.57. The zero-order valence-electron chi connectivity index (χ0n) is 10.2. The lowest BCUT2D eigenvalue weighted by atomic mass is 10.1. The van der Waals surface area contributed by atoms with Crippen molar-refractivity contribution in [1.82, 2.24) is 0 Å². The van der Waals surface area contributed by atoms with E-state index >= 15 is 0 Å². The fourth-order valence-corrected chi connectivity index (χ4v) is 3.07. The standard InChI is InChI=1S/C14H11NO3S/c1-7-2-3-8(6-15-7)9-4-5-10(19-9)11-12(16)14(18)13(11)17/h3-7,16H,2H2,1H3. The molecule has 1 aliphatic rings. The third kappa shape index (κ3) is 1.86. The third-order valence-corrected chi connectivity index (χ3v) is 4.32. The fourth-order valence-electron chi connectivity index (χ4n) is 2.02. The number of dihydropyridines is 1. The Morgan fingerprint density at radius 1 is 1.26 bits per heavy atom. The summed E-state index contributed by atoms with van der Waals surface area (Å²) in [6.07, 6.45) is 4.82. The van der Waals surface area contributed by atoms with Crippen LogP contribution in [0.5, 0.6) is 5.75 Å². The molecular formula is C14H11NO3S. The van der Waals surface area contributed by atoms with Crippen molar-refractivity contribution in [2.45, 2.75) is 19.4 Å². The summed E-state index contributed by atoms with van der Waals surface area (Å²) in [7, 11) is 0. The predicted molar refractivity (Wildman–Crippen MR) is 76.9 cm³/mol. The summed E-state index contributed by atoms with van der Waals surface area (Å²) in [4.78, 5) is 28.4. The molecule has 0 radical (unpaired) electrons. The lowest BCUT2D eigenvalue weighted by Crippen LogP contribution is -2.31. The highest BCUT2D eigenvalue weighted by Crippen LogP contribution is 2.34. The Hall–Kier alpha value is -2.01. The van der Waals surface area contributed by atoms with E-state index in [1.807, 2.05) is 19.2 Å². The molecule has 5 heteroatoms. The zero-order chi connectivity index (χ0) is 13.6. The molecule has 1 aliphatic heterocycles. The van der Waals surface area contributed by atoms with E-state index in [2.05, 4.69) is 11.1 Å². The van der Waals surface area contributed by atoms with Gasteiger partial charge in [0.2, 0.25) is 5.43 Å². The maximum absolute atomic E-state index is 11.4. The minimum absolute atomic E-state index is 0.142. The summed E-state index contributed by atoms with van der Waals surface area (Å²) >= 11 is 1.38. The van der Waals surface area contributed by atoms with E-state index in [0.717, 1.165) is 16.9 Å². The molecule has 96 valence electrons. The van der Waals surface area contributed by atoms with Gasteiger partial charge in [-0.1, -0.05) is 6.08 Å². The topological polar surface area (TPSA) is 66.7 Å². The van der Waals surface area contributed by atoms with Crippen LogP contribution in [0, 0.1) is 0 Å². The first-order valence-corrected chi connectivity index (χ1v) is 6.75. The van der Waals surface area contributed by atoms with Crippen LogP contribution >= 0.6 is 11.3 Å². The van der Waals surface area contributed by atoms with E-state index in [-0.39, 0.29) is 5.56 Å².